The Kier molecular flexibility index (Phi) is 7.19. The molecule has 3 aromatic carbocycles. The van der Waals surface area contributed by atoms with Gasteiger partial charge < -0.3 is 9.84 Å². The highest BCUT2D eigenvalue weighted by Crippen LogP contribution is 2.38. The fraction of sp³-hybridized carbons (Fsp3) is 0.286. The molecule has 0 atom stereocenters. The van der Waals surface area contributed by atoms with Crippen LogP contribution in [0.1, 0.15) is 48.3 Å². The second kappa shape index (κ2) is 10.3. The van der Waals surface area contributed by atoms with Crippen LogP contribution in [0.4, 0.5) is 13.2 Å². The molecule has 1 saturated carbocycles. The van der Waals surface area contributed by atoms with Crippen LogP contribution in [-0.4, -0.2) is 18.8 Å². The van der Waals surface area contributed by atoms with Crippen molar-refractivity contribution in [3.63, 3.8) is 0 Å². The molecule has 3 aromatic rings. The Labute approximate surface area is 192 Å². The summed E-state index contributed by atoms with van der Waals surface area (Å²) in [6.45, 7) is 0.157. The highest BCUT2D eigenvalue weighted by molar-refractivity contribution is 5.72. The van der Waals surface area contributed by atoms with Crippen LogP contribution in [0.3, 0.4) is 0 Å². The third-order valence-electron chi connectivity index (χ3n) is 6.52. The third kappa shape index (κ3) is 5.14. The Morgan fingerprint density at radius 3 is 2.15 bits per heavy atom. The summed E-state index contributed by atoms with van der Waals surface area (Å²) in [5.74, 6) is -1.58. The van der Waals surface area contributed by atoms with Gasteiger partial charge in [-0.1, -0.05) is 54.6 Å². The highest BCUT2D eigenvalue weighted by atomic mass is 19.2. The van der Waals surface area contributed by atoms with E-state index in [0.717, 1.165) is 31.2 Å². The Bertz CT molecular complexity index is 1130. The maximum Gasteiger partial charge on any atom is 0.166 e. The van der Waals surface area contributed by atoms with E-state index in [1.165, 1.54) is 13.2 Å². The first-order chi connectivity index (χ1) is 16.0. The molecule has 0 amide bonds. The number of halogens is 3. The molecule has 1 fully saturated rings. The molecule has 0 aromatic heterocycles. The fourth-order valence-corrected chi connectivity index (χ4v) is 4.51. The average molecular weight is 453 g/mol. The molecule has 0 unspecified atom stereocenters. The van der Waals surface area contributed by atoms with Crippen LogP contribution in [0.2, 0.25) is 0 Å². The molecular weight excluding hydrogens is 425 g/mol. The van der Waals surface area contributed by atoms with Crippen molar-refractivity contribution in [1.29, 1.82) is 0 Å². The van der Waals surface area contributed by atoms with E-state index in [4.69, 9.17) is 4.74 Å². The maximum atomic E-state index is 14.9. The van der Waals surface area contributed by atoms with E-state index in [0.29, 0.717) is 16.7 Å². The highest BCUT2D eigenvalue weighted by Gasteiger charge is 2.26. The normalized spacial score (nSPS) is 18.6. The average Bonchev–Trinajstić information content (AvgIpc) is 2.85. The molecule has 5 heteroatoms. The van der Waals surface area contributed by atoms with Gasteiger partial charge in [0, 0.05) is 12.2 Å². The Morgan fingerprint density at radius 1 is 0.848 bits per heavy atom. The van der Waals surface area contributed by atoms with Gasteiger partial charge in [0.25, 0.3) is 0 Å². The van der Waals surface area contributed by atoms with E-state index >= 15 is 0 Å². The van der Waals surface area contributed by atoms with E-state index in [-0.39, 0.29) is 29.8 Å². The zero-order chi connectivity index (χ0) is 23.4. The molecule has 1 aliphatic carbocycles. The molecule has 0 aliphatic heterocycles. The molecule has 0 spiro atoms. The van der Waals surface area contributed by atoms with Gasteiger partial charge in [0.1, 0.15) is 0 Å². The molecule has 2 nitrogen and oxygen atoms in total. The Balaban J connectivity index is 1.49. The molecule has 0 heterocycles. The topological polar surface area (TPSA) is 29.5 Å². The second-order valence-electron chi connectivity index (χ2n) is 8.58. The molecule has 172 valence electrons. The monoisotopic (exact) mass is 452 g/mol. The zero-order valence-electron chi connectivity index (χ0n) is 18.5. The molecule has 33 heavy (non-hydrogen) atoms. The van der Waals surface area contributed by atoms with Crippen molar-refractivity contribution in [2.75, 3.05) is 13.7 Å². The predicted molar refractivity (Wildman–Crippen MR) is 125 cm³/mol. The minimum Gasteiger partial charge on any atom is -0.494 e. The molecule has 0 bridgehead atoms. The summed E-state index contributed by atoms with van der Waals surface area (Å²) in [7, 11) is 1.42. The van der Waals surface area contributed by atoms with Crippen molar-refractivity contribution >= 4 is 12.2 Å². The van der Waals surface area contributed by atoms with Crippen LogP contribution in [0.15, 0.2) is 54.6 Å². The number of aliphatic hydroxyl groups is 1. The third-order valence-corrected chi connectivity index (χ3v) is 6.52. The van der Waals surface area contributed by atoms with Crippen molar-refractivity contribution in [2.45, 2.75) is 31.6 Å². The Hall–Kier alpha value is -3.05. The maximum absolute atomic E-state index is 14.9. The largest absolute Gasteiger partial charge is 0.494 e. The van der Waals surface area contributed by atoms with E-state index in [1.54, 1.807) is 42.5 Å². The van der Waals surface area contributed by atoms with E-state index in [9.17, 15) is 18.3 Å². The van der Waals surface area contributed by atoms with Crippen molar-refractivity contribution in [3.05, 3.63) is 88.7 Å². The minimum absolute atomic E-state index is 0.00773. The number of methoxy groups -OCH3 is 1. The zero-order valence-corrected chi connectivity index (χ0v) is 18.5. The second-order valence-corrected chi connectivity index (χ2v) is 8.58. The lowest BCUT2D eigenvalue weighted by molar-refractivity contribution is 0.181. The molecular formula is C28H27F3O2. The van der Waals surface area contributed by atoms with Gasteiger partial charge >= 0.3 is 0 Å². The summed E-state index contributed by atoms with van der Waals surface area (Å²) in [4.78, 5) is 0. The standard InChI is InChI=1S/C28H27F3O2/c1-33-26-15-8-19(16-25(26)29)3-2-18-4-9-21(10-5-18)23-13-14-24(28(31)27(23)30)22-11-6-20(17-32)7-12-22/h2-5,8-10,13-16,20,22,32H,6-7,11-12,17H2,1H3. The molecule has 0 radical (unpaired) electrons. The molecule has 0 saturated heterocycles. The fourth-order valence-electron chi connectivity index (χ4n) is 4.51. The summed E-state index contributed by atoms with van der Waals surface area (Å²) < 4.78 is 48.6. The summed E-state index contributed by atoms with van der Waals surface area (Å²) in [6.07, 6.45) is 6.80. The van der Waals surface area contributed by atoms with Crippen LogP contribution in [0.5, 0.6) is 5.75 Å². The van der Waals surface area contributed by atoms with Gasteiger partial charge in [-0.15, -0.1) is 0 Å². The number of hydrogen-bond donors (Lipinski definition) is 1. The Morgan fingerprint density at radius 2 is 1.52 bits per heavy atom. The first-order valence-corrected chi connectivity index (χ1v) is 11.2. The van der Waals surface area contributed by atoms with Gasteiger partial charge in [-0.25, -0.2) is 13.2 Å². The minimum atomic E-state index is -0.825. The number of benzene rings is 3. The van der Waals surface area contributed by atoms with Crippen molar-refractivity contribution in [1.82, 2.24) is 0 Å². The lowest BCUT2D eigenvalue weighted by Crippen LogP contribution is -2.17. The smallest absolute Gasteiger partial charge is 0.166 e. The van der Waals surface area contributed by atoms with E-state index < -0.39 is 17.5 Å². The number of hydrogen-bond acceptors (Lipinski definition) is 2. The summed E-state index contributed by atoms with van der Waals surface area (Å²) in [5, 5.41) is 9.29. The predicted octanol–water partition coefficient (Wildman–Crippen LogP) is 7.22. The van der Waals surface area contributed by atoms with Gasteiger partial charge in [-0.2, -0.15) is 0 Å². The molecule has 1 aliphatic rings. The number of aliphatic hydroxyl groups excluding tert-OH is 1. The van der Waals surface area contributed by atoms with Crippen LogP contribution in [0, 0.1) is 23.4 Å². The SMILES string of the molecule is COc1ccc(C=Cc2ccc(-c3ccc(C4CCC(CO)CC4)c(F)c3F)cc2)cc1F. The number of ether oxygens (including phenoxy) is 1. The van der Waals surface area contributed by atoms with Crippen molar-refractivity contribution < 1.29 is 23.0 Å². The van der Waals surface area contributed by atoms with Gasteiger partial charge in [-0.05, 0) is 71.9 Å². The molecule has 1 N–H and O–H groups in total. The van der Waals surface area contributed by atoms with Gasteiger partial charge in [0.15, 0.2) is 23.2 Å². The summed E-state index contributed by atoms with van der Waals surface area (Å²) in [5.41, 5.74) is 2.80. The van der Waals surface area contributed by atoms with Crippen molar-refractivity contribution in [3.8, 4) is 16.9 Å². The van der Waals surface area contributed by atoms with Gasteiger partial charge in [-0.3, -0.25) is 0 Å². The van der Waals surface area contributed by atoms with Gasteiger partial charge in [0.05, 0.1) is 7.11 Å². The summed E-state index contributed by atoms with van der Waals surface area (Å²) in [6, 6.07) is 15.2. The first kappa shape index (κ1) is 23.1. The molecule has 4 rings (SSSR count). The first-order valence-electron chi connectivity index (χ1n) is 11.2. The van der Waals surface area contributed by atoms with Crippen LogP contribution in [0.25, 0.3) is 23.3 Å². The quantitative estimate of drug-likeness (QED) is 0.400. The van der Waals surface area contributed by atoms with E-state index in [2.05, 4.69) is 0 Å². The van der Waals surface area contributed by atoms with Gasteiger partial charge in [0.2, 0.25) is 0 Å². The van der Waals surface area contributed by atoms with Crippen LogP contribution < -0.4 is 4.74 Å². The van der Waals surface area contributed by atoms with Crippen LogP contribution in [-0.2, 0) is 0 Å². The number of rotatable bonds is 6. The van der Waals surface area contributed by atoms with E-state index in [1.807, 2.05) is 18.2 Å². The summed E-state index contributed by atoms with van der Waals surface area (Å²) >= 11 is 0. The lowest BCUT2D eigenvalue weighted by Gasteiger charge is -2.28. The van der Waals surface area contributed by atoms with Crippen molar-refractivity contribution in [2.24, 2.45) is 5.92 Å². The van der Waals surface area contributed by atoms with Crippen LogP contribution >= 0.6 is 0 Å². The lowest BCUT2D eigenvalue weighted by atomic mass is 9.78.